The Bertz CT molecular complexity index is 1340. The van der Waals surface area contributed by atoms with Gasteiger partial charge in [-0.25, -0.2) is 9.61 Å². The highest BCUT2D eigenvalue weighted by Crippen LogP contribution is 2.26. The van der Waals surface area contributed by atoms with Gasteiger partial charge >= 0.3 is 5.97 Å². The average Bonchev–Trinajstić information content (AvgIpc) is 3.48. The zero-order chi connectivity index (χ0) is 22.9. The molecule has 0 unspecified atom stereocenters. The van der Waals surface area contributed by atoms with Crippen LogP contribution in [0.4, 0.5) is 5.82 Å². The molecule has 0 N–H and O–H groups in total. The zero-order valence-electron chi connectivity index (χ0n) is 18.3. The van der Waals surface area contributed by atoms with Gasteiger partial charge in [-0.2, -0.15) is 14.6 Å². The number of aryl methyl sites for hydroxylation is 1. The Balaban J connectivity index is 1.39. The van der Waals surface area contributed by atoms with Crippen molar-refractivity contribution in [2.75, 3.05) is 37.7 Å². The van der Waals surface area contributed by atoms with Crippen molar-refractivity contribution in [2.45, 2.75) is 20.3 Å². The van der Waals surface area contributed by atoms with E-state index in [2.05, 4.69) is 30.3 Å². The van der Waals surface area contributed by atoms with Gasteiger partial charge in [0.15, 0.2) is 0 Å². The summed E-state index contributed by atoms with van der Waals surface area (Å²) in [6.07, 6.45) is 1.52. The fraction of sp³-hybridized carbons (Fsp3) is 0.381. The Morgan fingerprint density at radius 3 is 2.70 bits per heavy atom. The van der Waals surface area contributed by atoms with Crippen molar-refractivity contribution < 1.29 is 19.0 Å². The molecule has 0 aliphatic carbocycles. The molecule has 12 heteroatoms. The van der Waals surface area contributed by atoms with Gasteiger partial charge in [-0.05, 0) is 42.4 Å². The summed E-state index contributed by atoms with van der Waals surface area (Å²) in [5.74, 6) is 0.811. The number of ether oxygens (including phenoxy) is 1. The predicted octanol–water partition coefficient (Wildman–Crippen LogP) is 1.04. The number of benzene rings is 1. The van der Waals surface area contributed by atoms with E-state index < -0.39 is 0 Å². The Labute approximate surface area is 188 Å². The number of fused-ring (bicyclic) bond motifs is 2. The van der Waals surface area contributed by atoms with Crippen LogP contribution in [0.5, 0.6) is 0 Å². The molecular weight excluding hydrogens is 428 g/mol. The van der Waals surface area contributed by atoms with Crippen LogP contribution in [0, 0.1) is 6.92 Å². The SMILES string of the molecule is CCOC(=O)Cc1c(C)nc2ncnn2c1N1CCN(C(=O)c2ccc3nonc3c2)CC1. The Morgan fingerprint density at radius 2 is 1.91 bits per heavy atom. The van der Waals surface area contributed by atoms with E-state index in [9.17, 15) is 9.59 Å². The number of hydrogen-bond donors (Lipinski definition) is 0. The van der Waals surface area contributed by atoms with Crippen LogP contribution in [0.15, 0.2) is 29.2 Å². The van der Waals surface area contributed by atoms with E-state index in [4.69, 9.17) is 9.37 Å². The summed E-state index contributed by atoms with van der Waals surface area (Å²) in [7, 11) is 0. The maximum atomic E-state index is 13.0. The largest absolute Gasteiger partial charge is 0.466 e. The van der Waals surface area contributed by atoms with E-state index >= 15 is 0 Å². The minimum absolute atomic E-state index is 0.0805. The van der Waals surface area contributed by atoms with Crippen molar-refractivity contribution in [1.29, 1.82) is 0 Å². The van der Waals surface area contributed by atoms with E-state index in [1.807, 2.05) is 6.92 Å². The summed E-state index contributed by atoms with van der Waals surface area (Å²) >= 11 is 0. The third-order valence-electron chi connectivity index (χ3n) is 5.70. The highest BCUT2D eigenvalue weighted by Gasteiger charge is 2.28. The third kappa shape index (κ3) is 3.83. The van der Waals surface area contributed by atoms with Gasteiger partial charge in [0.05, 0.1) is 13.0 Å². The van der Waals surface area contributed by atoms with Crippen LogP contribution in [0.2, 0.25) is 0 Å². The molecule has 0 bridgehead atoms. The summed E-state index contributed by atoms with van der Waals surface area (Å²) in [6, 6.07) is 5.13. The average molecular weight is 450 g/mol. The van der Waals surface area contributed by atoms with E-state index in [0.717, 1.165) is 11.4 Å². The monoisotopic (exact) mass is 450 g/mol. The highest BCUT2D eigenvalue weighted by molar-refractivity contribution is 5.97. The number of rotatable bonds is 5. The van der Waals surface area contributed by atoms with Crippen molar-refractivity contribution in [1.82, 2.24) is 34.8 Å². The van der Waals surface area contributed by atoms with Crippen LogP contribution in [-0.4, -0.2) is 79.5 Å². The second-order valence-corrected chi connectivity index (χ2v) is 7.70. The molecule has 5 rings (SSSR count). The van der Waals surface area contributed by atoms with Crippen molar-refractivity contribution in [3.05, 3.63) is 41.3 Å². The van der Waals surface area contributed by atoms with Gasteiger partial charge in [0.1, 0.15) is 23.2 Å². The minimum Gasteiger partial charge on any atom is -0.466 e. The number of hydrogen-bond acceptors (Lipinski definition) is 10. The smallest absolute Gasteiger partial charge is 0.310 e. The maximum absolute atomic E-state index is 13.0. The molecule has 0 atom stereocenters. The summed E-state index contributed by atoms with van der Waals surface area (Å²) in [5.41, 5.74) is 3.13. The van der Waals surface area contributed by atoms with Gasteiger partial charge in [0.25, 0.3) is 11.7 Å². The fourth-order valence-corrected chi connectivity index (χ4v) is 4.08. The van der Waals surface area contributed by atoms with Gasteiger partial charge in [-0.15, -0.1) is 0 Å². The molecule has 1 aliphatic rings. The first kappa shape index (κ1) is 20.8. The second kappa shape index (κ2) is 8.45. The Kier molecular flexibility index (Phi) is 5.32. The first-order chi connectivity index (χ1) is 16.0. The molecular formula is C21H22N8O4. The maximum Gasteiger partial charge on any atom is 0.310 e. The van der Waals surface area contributed by atoms with E-state index in [1.165, 1.54) is 6.33 Å². The molecule has 0 saturated carbocycles. The van der Waals surface area contributed by atoms with Crippen LogP contribution in [0.25, 0.3) is 16.8 Å². The van der Waals surface area contributed by atoms with Crippen molar-refractivity contribution in [2.24, 2.45) is 0 Å². The molecule has 4 heterocycles. The molecule has 1 aliphatic heterocycles. The molecule has 3 aromatic heterocycles. The molecule has 1 aromatic carbocycles. The van der Waals surface area contributed by atoms with Gasteiger partial charge in [0, 0.05) is 43.0 Å². The standard InChI is InChI=1S/C21H22N8O4/c1-3-32-18(30)11-15-13(2)24-21-22-12-23-29(21)19(15)27-6-8-28(9-7-27)20(31)14-4-5-16-17(10-14)26-33-25-16/h4-5,10,12H,3,6-9,11H2,1-2H3. The molecule has 170 valence electrons. The lowest BCUT2D eigenvalue weighted by molar-refractivity contribution is -0.142. The summed E-state index contributed by atoms with van der Waals surface area (Å²) in [5, 5.41) is 11.9. The molecule has 0 radical (unpaired) electrons. The second-order valence-electron chi connectivity index (χ2n) is 7.70. The Hall–Kier alpha value is -4.09. The molecule has 4 aromatic rings. The van der Waals surface area contributed by atoms with E-state index in [-0.39, 0.29) is 18.3 Å². The highest BCUT2D eigenvalue weighted by atomic mass is 16.6. The Morgan fingerprint density at radius 1 is 1.12 bits per heavy atom. The van der Waals surface area contributed by atoms with Crippen molar-refractivity contribution in [3.63, 3.8) is 0 Å². The van der Waals surface area contributed by atoms with Crippen LogP contribution in [0.1, 0.15) is 28.5 Å². The van der Waals surface area contributed by atoms with E-state index in [0.29, 0.717) is 60.9 Å². The minimum atomic E-state index is -0.324. The zero-order valence-corrected chi connectivity index (χ0v) is 18.3. The normalized spacial score (nSPS) is 14.2. The third-order valence-corrected chi connectivity index (χ3v) is 5.70. The number of piperazine rings is 1. The summed E-state index contributed by atoms with van der Waals surface area (Å²) < 4.78 is 11.5. The molecule has 1 amide bonds. The predicted molar refractivity (Wildman–Crippen MR) is 116 cm³/mol. The number of anilines is 1. The molecule has 12 nitrogen and oxygen atoms in total. The lowest BCUT2D eigenvalue weighted by atomic mass is 10.1. The number of carbonyl (C=O) groups is 2. The van der Waals surface area contributed by atoms with Crippen LogP contribution in [0.3, 0.4) is 0 Å². The number of aromatic nitrogens is 6. The van der Waals surface area contributed by atoms with Crippen molar-refractivity contribution >= 4 is 34.5 Å². The molecule has 33 heavy (non-hydrogen) atoms. The van der Waals surface area contributed by atoms with Crippen LogP contribution < -0.4 is 4.90 Å². The molecule has 1 fully saturated rings. The van der Waals surface area contributed by atoms with Gasteiger partial charge in [0.2, 0.25) is 0 Å². The lowest BCUT2D eigenvalue weighted by Gasteiger charge is -2.37. The number of amides is 1. The van der Waals surface area contributed by atoms with Crippen LogP contribution >= 0.6 is 0 Å². The fourth-order valence-electron chi connectivity index (χ4n) is 4.08. The number of esters is 1. The van der Waals surface area contributed by atoms with E-state index in [1.54, 1.807) is 34.5 Å². The topological polar surface area (TPSA) is 132 Å². The number of carbonyl (C=O) groups excluding carboxylic acids is 2. The molecule has 0 spiro atoms. The quantitative estimate of drug-likeness (QED) is 0.406. The first-order valence-corrected chi connectivity index (χ1v) is 10.7. The number of nitrogens with zero attached hydrogens (tertiary/aromatic N) is 8. The molecule has 1 saturated heterocycles. The summed E-state index contributed by atoms with van der Waals surface area (Å²) in [6.45, 7) is 6.07. The van der Waals surface area contributed by atoms with Crippen LogP contribution in [-0.2, 0) is 16.0 Å². The first-order valence-electron chi connectivity index (χ1n) is 10.7. The van der Waals surface area contributed by atoms with Gasteiger partial charge < -0.3 is 14.5 Å². The summed E-state index contributed by atoms with van der Waals surface area (Å²) in [4.78, 5) is 37.9. The lowest BCUT2D eigenvalue weighted by Crippen LogP contribution is -2.49. The van der Waals surface area contributed by atoms with Gasteiger partial charge in [-0.3, -0.25) is 9.59 Å². The van der Waals surface area contributed by atoms with Gasteiger partial charge in [-0.1, -0.05) is 0 Å². The van der Waals surface area contributed by atoms with Crippen molar-refractivity contribution in [3.8, 4) is 0 Å².